The number of para-hydroxylation sites is 2. The highest BCUT2D eigenvalue weighted by atomic mass is 35.5. The van der Waals surface area contributed by atoms with Gasteiger partial charge in [-0.25, -0.2) is 0 Å². The van der Waals surface area contributed by atoms with Gasteiger partial charge in [0.05, 0.1) is 14.8 Å². The van der Waals surface area contributed by atoms with Gasteiger partial charge in [-0.15, -0.1) is 11.3 Å². The Morgan fingerprint density at radius 2 is 2.04 bits per heavy atom. The molecule has 0 radical (unpaired) electrons. The lowest BCUT2D eigenvalue weighted by atomic mass is 10.1. The Balaban J connectivity index is 1.94. The molecule has 0 aliphatic carbocycles. The molecule has 0 unspecified atom stereocenters. The maximum absolute atomic E-state index is 11.1. The molecule has 0 aliphatic rings. The number of nitrogens with zero attached hydrogens (tertiary/aromatic N) is 2. The number of rotatable bonds is 5. The van der Waals surface area contributed by atoms with Gasteiger partial charge < -0.3 is 10.5 Å². The molecule has 8 heteroatoms. The Labute approximate surface area is 158 Å². The van der Waals surface area contributed by atoms with Crippen LogP contribution in [0.25, 0.3) is 0 Å². The van der Waals surface area contributed by atoms with Crippen LogP contribution in [-0.4, -0.2) is 15.8 Å². The van der Waals surface area contributed by atoms with E-state index in [1.165, 1.54) is 17.4 Å². The average Bonchev–Trinajstić information content (AvgIpc) is 3.03. The first-order valence-corrected chi connectivity index (χ1v) is 8.84. The summed E-state index contributed by atoms with van der Waals surface area (Å²) in [6.45, 7) is 1.93. The molecule has 0 amide bonds. The van der Waals surface area contributed by atoms with Gasteiger partial charge in [0.15, 0.2) is 0 Å². The summed E-state index contributed by atoms with van der Waals surface area (Å²) in [4.78, 5) is 11.5. The zero-order chi connectivity index (χ0) is 18.7. The third kappa shape index (κ3) is 3.54. The van der Waals surface area contributed by atoms with Crippen molar-refractivity contribution in [3.63, 3.8) is 0 Å². The van der Waals surface area contributed by atoms with Gasteiger partial charge in [0.1, 0.15) is 11.4 Å². The Hall–Kier alpha value is -2.90. The van der Waals surface area contributed by atoms with Crippen molar-refractivity contribution >= 4 is 45.7 Å². The summed E-state index contributed by atoms with van der Waals surface area (Å²) in [5, 5.41) is 29.3. The summed E-state index contributed by atoms with van der Waals surface area (Å²) in [6.07, 6.45) is 0. The topological polar surface area (TPSA) is 87.8 Å². The number of nitrogens with one attached hydrogen (secondary N) is 1. The second kappa shape index (κ2) is 7.55. The number of halogens is 1. The highest BCUT2D eigenvalue weighted by Gasteiger charge is 2.17. The first kappa shape index (κ1) is 17.9. The summed E-state index contributed by atoms with van der Waals surface area (Å²) in [6, 6.07) is 13.4. The van der Waals surface area contributed by atoms with E-state index < -0.39 is 4.92 Å². The quantitative estimate of drug-likeness (QED) is 0.258. The van der Waals surface area contributed by atoms with Crippen molar-refractivity contribution in [1.29, 1.82) is 0 Å². The van der Waals surface area contributed by atoms with Crippen molar-refractivity contribution in [2.75, 3.05) is 5.32 Å². The third-order valence-corrected chi connectivity index (χ3v) is 5.12. The molecule has 0 saturated heterocycles. The molecule has 132 valence electrons. The van der Waals surface area contributed by atoms with Crippen LogP contribution in [-0.2, 0) is 0 Å². The second-order valence-electron chi connectivity index (χ2n) is 5.48. The molecule has 2 aromatic carbocycles. The normalized spacial score (nSPS) is 11.4. The van der Waals surface area contributed by atoms with Crippen molar-refractivity contribution in [3.8, 4) is 0 Å². The molecule has 0 atom stereocenters. The number of hydrogen-bond acceptors (Lipinski definition) is 6. The van der Waals surface area contributed by atoms with Gasteiger partial charge in [-0.2, -0.15) is 0 Å². The number of oxime groups is 1. The van der Waals surface area contributed by atoms with E-state index in [0.29, 0.717) is 27.7 Å². The van der Waals surface area contributed by atoms with Crippen LogP contribution in [0.2, 0.25) is 5.02 Å². The van der Waals surface area contributed by atoms with Crippen molar-refractivity contribution in [2.45, 2.75) is 6.92 Å². The number of nitro benzene ring substituents is 1. The summed E-state index contributed by atoms with van der Waals surface area (Å²) < 4.78 is 0. The van der Waals surface area contributed by atoms with E-state index >= 15 is 0 Å². The van der Waals surface area contributed by atoms with Crippen LogP contribution in [0.15, 0.2) is 59.1 Å². The van der Waals surface area contributed by atoms with Crippen molar-refractivity contribution in [3.05, 3.63) is 85.1 Å². The Morgan fingerprint density at radius 3 is 2.65 bits per heavy atom. The summed E-state index contributed by atoms with van der Waals surface area (Å²) >= 11 is 7.84. The molecule has 3 rings (SSSR count). The average molecular weight is 388 g/mol. The first-order chi connectivity index (χ1) is 12.5. The number of nitro groups is 1. The molecule has 0 spiro atoms. The Morgan fingerprint density at radius 1 is 1.27 bits per heavy atom. The fraction of sp³-hybridized carbons (Fsp3) is 0.0556. The van der Waals surface area contributed by atoms with E-state index in [2.05, 4.69) is 10.5 Å². The number of benzene rings is 2. The van der Waals surface area contributed by atoms with E-state index in [0.717, 1.165) is 10.4 Å². The standard InChI is InChI=1S/C18H14ClN3O3S/c1-11-8-9-26-18(11)17(21-23)13-7-6-12(10-14(13)19)20-15-4-2-3-5-16(15)22(24)25/h2-10,20,23H,1H3/b21-17-. The van der Waals surface area contributed by atoms with Crippen LogP contribution in [0.4, 0.5) is 17.1 Å². The Bertz CT molecular complexity index is 1000. The smallest absolute Gasteiger partial charge is 0.292 e. The van der Waals surface area contributed by atoms with Crippen LogP contribution in [0.3, 0.4) is 0 Å². The van der Waals surface area contributed by atoms with Crippen LogP contribution < -0.4 is 5.32 Å². The number of aryl methyl sites for hydroxylation is 1. The molecule has 0 bridgehead atoms. The Kier molecular flexibility index (Phi) is 5.20. The molecule has 0 fully saturated rings. The van der Waals surface area contributed by atoms with Crippen LogP contribution in [0.5, 0.6) is 0 Å². The van der Waals surface area contributed by atoms with Crippen molar-refractivity contribution in [2.24, 2.45) is 5.16 Å². The largest absolute Gasteiger partial charge is 0.410 e. The van der Waals surface area contributed by atoms with E-state index in [4.69, 9.17) is 11.6 Å². The van der Waals surface area contributed by atoms with Crippen molar-refractivity contribution < 1.29 is 10.1 Å². The lowest BCUT2D eigenvalue weighted by molar-refractivity contribution is -0.383. The highest BCUT2D eigenvalue weighted by molar-refractivity contribution is 7.12. The molecule has 0 aliphatic heterocycles. The predicted octanol–water partition coefficient (Wildman–Crippen LogP) is 5.59. The monoisotopic (exact) mass is 387 g/mol. The molecule has 6 nitrogen and oxygen atoms in total. The molecular weight excluding hydrogens is 374 g/mol. The minimum atomic E-state index is -0.450. The second-order valence-corrected chi connectivity index (χ2v) is 6.80. The highest BCUT2D eigenvalue weighted by Crippen LogP contribution is 2.31. The maximum atomic E-state index is 11.1. The summed E-state index contributed by atoms with van der Waals surface area (Å²) in [7, 11) is 0. The maximum Gasteiger partial charge on any atom is 0.292 e. The minimum Gasteiger partial charge on any atom is -0.410 e. The van der Waals surface area contributed by atoms with Gasteiger partial charge in [0.2, 0.25) is 0 Å². The minimum absolute atomic E-state index is 0.0282. The van der Waals surface area contributed by atoms with Crippen LogP contribution >= 0.6 is 22.9 Å². The van der Waals surface area contributed by atoms with Gasteiger partial charge in [0, 0.05) is 17.3 Å². The summed E-state index contributed by atoms with van der Waals surface area (Å²) in [5.74, 6) is 0. The lowest BCUT2D eigenvalue weighted by Crippen LogP contribution is -2.04. The summed E-state index contributed by atoms with van der Waals surface area (Å²) in [5.41, 5.74) is 2.88. The fourth-order valence-electron chi connectivity index (χ4n) is 2.52. The number of hydrogen-bond donors (Lipinski definition) is 2. The van der Waals surface area contributed by atoms with E-state index in [1.54, 1.807) is 36.4 Å². The van der Waals surface area contributed by atoms with Gasteiger partial charge in [-0.3, -0.25) is 10.1 Å². The molecule has 1 heterocycles. The lowest BCUT2D eigenvalue weighted by Gasteiger charge is -2.11. The molecule has 0 saturated carbocycles. The third-order valence-electron chi connectivity index (χ3n) is 3.78. The zero-order valence-corrected chi connectivity index (χ0v) is 15.2. The predicted molar refractivity (Wildman–Crippen MR) is 104 cm³/mol. The van der Waals surface area contributed by atoms with Crippen LogP contribution in [0, 0.1) is 17.0 Å². The number of thiophene rings is 1. The van der Waals surface area contributed by atoms with Gasteiger partial charge in [-0.05, 0) is 48.2 Å². The zero-order valence-electron chi connectivity index (χ0n) is 13.6. The SMILES string of the molecule is Cc1ccsc1/C(=N\O)c1ccc(Nc2ccccc2[N+](=O)[O-])cc1Cl. The molecule has 1 aromatic heterocycles. The van der Waals surface area contributed by atoms with E-state index in [9.17, 15) is 15.3 Å². The van der Waals surface area contributed by atoms with Gasteiger partial charge in [0.25, 0.3) is 5.69 Å². The molecule has 26 heavy (non-hydrogen) atoms. The van der Waals surface area contributed by atoms with E-state index in [-0.39, 0.29) is 5.69 Å². The van der Waals surface area contributed by atoms with Gasteiger partial charge in [-0.1, -0.05) is 28.9 Å². The molecule has 2 N–H and O–H groups in total. The first-order valence-electron chi connectivity index (χ1n) is 7.58. The molecular formula is C18H14ClN3O3S. The molecule has 3 aromatic rings. The van der Waals surface area contributed by atoms with Crippen molar-refractivity contribution in [1.82, 2.24) is 0 Å². The van der Waals surface area contributed by atoms with E-state index in [1.807, 2.05) is 18.4 Å². The number of anilines is 2. The van der Waals surface area contributed by atoms with Crippen LogP contribution in [0.1, 0.15) is 16.0 Å². The van der Waals surface area contributed by atoms with Gasteiger partial charge >= 0.3 is 0 Å². The fourth-order valence-corrected chi connectivity index (χ4v) is 3.71.